The number of pyridine rings is 1. The Balaban J connectivity index is 1.61. The van der Waals surface area contributed by atoms with Gasteiger partial charge in [0.2, 0.25) is 6.79 Å². The molecule has 1 fully saturated rings. The van der Waals surface area contributed by atoms with Gasteiger partial charge in [-0.05, 0) is 70.6 Å². The number of aromatic nitrogens is 1. The van der Waals surface area contributed by atoms with Gasteiger partial charge in [-0.1, -0.05) is 39.8 Å². The summed E-state index contributed by atoms with van der Waals surface area (Å²) < 4.78 is 11.2. The van der Waals surface area contributed by atoms with Crippen LogP contribution in [0, 0.1) is 10.8 Å². The van der Waals surface area contributed by atoms with E-state index in [0.29, 0.717) is 29.5 Å². The molecule has 0 saturated heterocycles. The van der Waals surface area contributed by atoms with Crippen LogP contribution in [-0.2, 0) is 0 Å². The van der Waals surface area contributed by atoms with Crippen LogP contribution in [0.4, 0.5) is 0 Å². The molecule has 1 aromatic heterocycles. The van der Waals surface area contributed by atoms with E-state index in [-0.39, 0.29) is 0 Å². The lowest BCUT2D eigenvalue weighted by Gasteiger charge is -2.32. The van der Waals surface area contributed by atoms with Gasteiger partial charge in [-0.3, -0.25) is 4.98 Å². The van der Waals surface area contributed by atoms with Crippen LogP contribution in [0.5, 0.6) is 11.5 Å². The Morgan fingerprint density at radius 1 is 0.929 bits per heavy atom. The van der Waals surface area contributed by atoms with E-state index in [1.807, 2.05) is 0 Å². The minimum absolute atomic E-state index is 0.304. The highest BCUT2D eigenvalue weighted by atomic mass is 16.7. The fourth-order valence-corrected chi connectivity index (χ4v) is 6.37. The predicted molar refractivity (Wildman–Crippen MR) is 112 cm³/mol. The minimum Gasteiger partial charge on any atom is -0.454 e. The maximum Gasteiger partial charge on any atom is 0.231 e. The van der Waals surface area contributed by atoms with E-state index in [1.165, 1.54) is 35.8 Å². The monoisotopic (exact) mass is 373 g/mol. The molecule has 2 heterocycles. The van der Waals surface area contributed by atoms with E-state index < -0.39 is 0 Å². The summed E-state index contributed by atoms with van der Waals surface area (Å²) in [5.41, 5.74) is 5.05. The van der Waals surface area contributed by atoms with Crippen molar-refractivity contribution in [1.82, 2.24) is 4.98 Å². The molecule has 0 amide bonds. The van der Waals surface area contributed by atoms with Gasteiger partial charge < -0.3 is 9.47 Å². The van der Waals surface area contributed by atoms with Crippen molar-refractivity contribution >= 4 is 21.7 Å². The summed E-state index contributed by atoms with van der Waals surface area (Å²) in [4.78, 5) is 4.99. The SMILES string of the molecule is CC1CC2(C)CC2(C)C[C@H](C)c2cnc3c(ccc4cc5c(cc43)OCO5)c21. The fourth-order valence-electron chi connectivity index (χ4n) is 6.37. The smallest absolute Gasteiger partial charge is 0.231 e. The molecule has 0 radical (unpaired) electrons. The largest absolute Gasteiger partial charge is 0.454 e. The maximum absolute atomic E-state index is 5.64. The highest BCUT2D eigenvalue weighted by Gasteiger charge is 2.61. The molecule has 3 aliphatic rings. The van der Waals surface area contributed by atoms with Crippen molar-refractivity contribution < 1.29 is 9.47 Å². The molecular formula is C25H27NO2. The molecule has 6 rings (SSSR count). The molecule has 0 bridgehead atoms. The number of rotatable bonds is 0. The summed E-state index contributed by atoms with van der Waals surface area (Å²) in [7, 11) is 0. The Kier molecular flexibility index (Phi) is 3.09. The second-order valence-corrected chi connectivity index (χ2v) is 10.0. The molecule has 0 spiro atoms. The normalized spacial score (nSPS) is 33.3. The lowest BCUT2D eigenvalue weighted by Crippen LogP contribution is -2.19. The molecular weight excluding hydrogens is 346 g/mol. The molecule has 2 aliphatic carbocycles. The number of benzene rings is 2. The summed E-state index contributed by atoms with van der Waals surface area (Å²) in [5.74, 6) is 2.76. The number of fused-ring (bicyclic) bond motifs is 7. The number of ether oxygens (including phenoxy) is 2. The van der Waals surface area contributed by atoms with E-state index in [2.05, 4.69) is 58.2 Å². The van der Waals surface area contributed by atoms with Crippen molar-refractivity contribution in [2.75, 3.05) is 6.79 Å². The topological polar surface area (TPSA) is 31.4 Å². The molecule has 3 nitrogen and oxygen atoms in total. The van der Waals surface area contributed by atoms with Crippen molar-refractivity contribution in [1.29, 1.82) is 0 Å². The van der Waals surface area contributed by atoms with Crippen LogP contribution in [0.3, 0.4) is 0 Å². The molecule has 3 heteroatoms. The van der Waals surface area contributed by atoms with Crippen molar-refractivity contribution in [3.63, 3.8) is 0 Å². The van der Waals surface area contributed by atoms with Gasteiger partial charge >= 0.3 is 0 Å². The van der Waals surface area contributed by atoms with Crippen LogP contribution in [0.25, 0.3) is 21.7 Å². The quantitative estimate of drug-likeness (QED) is 0.420. The van der Waals surface area contributed by atoms with E-state index in [4.69, 9.17) is 14.5 Å². The third-order valence-electron chi connectivity index (χ3n) is 8.07. The first-order chi connectivity index (χ1) is 13.4. The van der Waals surface area contributed by atoms with E-state index >= 15 is 0 Å². The van der Waals surface area contributed by atoms with Crippen molar-refractivity contribution in [2.45, 2.75) is 58.8 Å². The van der Waals surface area contributed by atoms with Crippen molar-refractivity contribution in [2.24, 2.45) is 10.8 Å². The van der Waals surface area contributed by atoms with Gasteiger partial charge in [-0.15, -0.1) is 0 Å². The first-order valence-corrected chi connectivity index (χ1v) is 10.5. The summed E-state index contributed by atoms with van der Waals surface area (Å²) in [6, 6.07) is 8.69. The predicted octanol–water partition coefficient (Wildman–Crippen LogP) is 6.53. The first-order valence-electron chi connectivity index (χ1n) is 10.5. The molecule has 1 aliphatic heterocycles. The second-order valence-electron chi connectivity index (χ2n) is 10.0. The zero-order valence-electron chi connectivity index (χ0n) is 17.1. The average Bonchev–Trinajstić information content (AvgIpc) is 2.99. The fraction of sp³-hybridized carbons (Fsp3) is 0.480. The molecule has 28 heavy (non-hydrogen) atoms. The maximum atomic E-state index is 5.64. The molecule has 4 atom stereocenters. The highest BCUT2D eigenvalue weighted by molar-refractivity contribution is 6.07. The zero-order valence-corrected chi connectivity index (χ0v) is 17.1. The Hall–Kier alpha value is -2.29. The van der Waals surface area contributed by atoms with Gasteiger partial charge in [-0.25, -0.2) is 0 Å². The minimum atomic E-state index is 0.304. The van der Waals surface area contributed by atoms with Gasteiger partial charge in [0.1, 0.15) is 0 Å². The molecule has 1 saturated carbocycles. The lowest BCUT2D eigenvalue weighted by molar-refractivity contribution is 0.174. The number of nitrogens with zero attached hydrogens (tertiary/aromatic N) is 1. The van der Waals surface area contributed by atoms with E-state index in [0.717, 1.165) is 27.8 Å². The van der Waals surface area contributed by atoms with Crippen LogP contribution < -0.4 is 9.47 Å². The number of hydrogen-bond donors (Lipinski definition) is 0. The van der Waals surface area contributed by atoms with Crippen LogP contribution in [0.1, 0.15) is 69.9 Å². The van der Waals surface area contributed by atoms with Crippen LogP contribution >= 0.6 is 0 Å². The Morgan fingerprint density at radius 3 is 2.43 bits per heavy atom. The molecule has 3 unspecified atom stereocenters. The highest BCUT2D eigenvalue weighted by Crippen LogP contribution is 2.71. The van der Waals surface area contributed by atoms with E-state index in [9.17, 15) is 0 Å². The van der Waals surface area contributed by atoms with Gasteiger partial charge in [0, 0.05) is 17.0 Å². The first kappa shape index (κ1) is 16.6. The van der Waals surface area contributed by atoms with Crippen molar-refractivity contribution in [3.05, 3.63) is 41.6 Å². The van der Waals surface area contributed by atoms with Crippen LogP contribution in [0.15, 0.2) is 30.5 Å². The molecule has 0 N–H and O–H groups in total. The Labute approximate surface area is 166 Å². The molecule has 2 aromatic carbocycles. The van der Waals surface area contributed by atoms with Crippen LogP contribution in [0.2, 0.25) is 0 Å². The summed E-state index contributed by atoms with van der Waals surface area (Å²) in [5, 5.41) is 3.64. The molecule has 3 aromatic rings. The summed E-state index contributed by atoms with van der Waals surface area (Å²) in [6.45, 7) is 10.1. The molecule has 144 valence electrons. The standard InChI is InChI=1S/C25H27NO2/c1-14-9-24(3)12-25(24,4)10-15(2)22-17-6-5-16-7-20-21(28-13-27-20)8-18(16)23(17)26-11-19(14)22/h5-8,11,14-15H,9-10,12-13H2,1-4H3/t14-,15?,24?,25?/m0/s1. The lowest BCUT2D eigenvalue weighted by atomic mass is 9.73. The van der Waals surface area contributed by atoms with Gasteiger partial charge in [0.15, 0.2) is 11.5 Å². The number of hydrogen-bond acceptors (Lipinski definition) is 3. The van der Waals surface area contributed by atoms with Crippen molar-refractivity contribution in [3.8, 4) is 11.5 Å². The summed E-state index contributed by atoms with van der Waals surface area (Å²) >= 11 is 0. The zero-order chi connectivity index (χ0) is 19.3. The second kappa shape index (κ2) is 5.20. The Bertz CT molecular complexity index is 1150. The summed E-state index contributed by atoms with van der Waals surface area (Å²) in [6.07, 6.45) is 6.06. The average molecular weight is 373 g/mol. The van der Waals surface area contributed by atoms with E-state index in [1.54, 1.807) is 0 Å². The van der Waals surface area contributed by atoms with Gasteiger partial charge in [0.25, 0.3) is 0 Å². The van der Waals surface area contributed by atoms with Gasteiger partial charge in [0.05, 0.1) is 5.52 Å². The Morgan fingerprint density at radius 2 is 1.64 bits per heavy atom. The third-order valence-corrected chi connectivity index (χ3v) is 8.07. The van der Waals surface area contributed by atoms with Crippen LogP contribution in [-0.4, -0.2) is 11.8 Å². The van der Waals surface area contributed by atoms with Gasteiger partial charge in [-0.2, -0.15) is 0 Å². The third kappa shape index (κ3) is 2.08.